The Hall–Kier alpha value is -1.00. The highest BCUT2D eigenvalue weighted by Crippen LogP contribution is 1.86. The van der Waals surface area contributed by atoms with Gasteiger partial charge < -0.3 is 10.6 Å². The first-order valence-electron chi connectivity index (χ1n) is 5.46. The topological polar surface area (TPSA) is 49.8 Å². The molecule has 1 heterocycles. The predicted molar refractivity (Wildman–Crippen MR) is 61.4 cm³/mol. The molecule has 0 aromatic carbocycles. The van der Waals surface area contributed by atoms with Crippen molar-refractivity contribution in [2.75, 3.05) is 19.6 Å². The van der Waals surface area contributed by atoms with Crippen LogP contribution in [0.3, 0.4) is 0 Å². The predicted octanol–water partition coefficient (Wildman–Crippen LogP) is 0.812. The third-order valence-corrected chi connectivity index (χ3v) is 1.93. The van der Waals surface area contributed by atoms with Crippen molar-refractivity contribution in [1.29, 1.82) is 0 Å². The van der Waals surface area contributed by atoms with Crippen LogP contribution in [-0.2, 0) is 6.54 Å². The van der Waals surface area contributed by atoms with Crippen molar-refractivity contribution in [3.63, 3.8) is 0 Å². The summed E-state index contributed by atoms with van der Waals surface area (Å²) in [6.07, 6.45) is 3.53. The average Bonchev–Trinajstić information content (AvgIpc) is 2.24. The summed E-state index contributed by atoms with van der Waals surface area (Å²) in [6.45, 7) is 8.17. The molecule has 0 saturated carbocycles. The molecule has 1 rings (SSSR count). The van der Waals surface area contributed by atoms with E-state index in [1.54, 1.807) is 12.4 Å². The normalized spacial score (nSPS) is 10.9. The van der Waals surface area contributed by atoms with Gasteiger partial charge in [0.1, 0.15) is 5.82 Å². The highest BCUT2D eigenvalue weighted by molar-refractivity contribution is 4.87. The summed E-state index contributed by atoms with van der Waals surface area (Å²) in [7, 11) is 0. The summed E-state index contributed by atoms with van der Waals surface area (Å²) in [5.74, 6) is 1.56. The zero-order valence-corrected chi connectivity index (χ0v) is 9.53. The van der Waals surface area contributed by atoms with Gasteiger partial charge in [-0.25, -0.2) is 9.97 Å². The molecule has 0 spiro atoms. The first-order chi connectivity index (χ1) is 7.29. The lowest BCUT2D eigenvalue weighted by molar-refractivity contribution is 0.532. The Morgan fingerprint density at radius 2 is 1.80 bits per heavy atom. The Morgan fingerprint density at radius 1 is 1.13 bits per heavy atom. The molecular weight excluding hydrogens is 188 g/mol. The number of rotatable bonds is 7. The summed E-state index contributed by atoms with van der Waals surface area (Å²) in [5.41, 5.74) is 0. The van der Waals surface area contributed by atoms with Crippen molar-refractivity contribution < 1.29 is 0 Å². The largest absolute Gasteiger partial charge is 0.315 e. The number of nitrogens with zero attached hydrogens (tertiary/aromatic N) is 2. The highest BCUT2D eigenvalue weighted by Gasteiger charge is 1.94. The number of hydrogen-bond acceptors (Lipinski definition) is 4. The van der Waals surface area contributed by atoms with Crippen LogP contribution in [0.1, 0.15) is 19.7 Å². The van der Waals surface area contributed by atoms with Crippen LogP contribution in [-0.4, -0.2) is 29.6 Å². The fraction of sp³-hybridized carbons (Fsp3) is 0.636. The van der Waals surface area contributed by atoms with E-state index in [-0.39, 0.29) is 0 Å². The van der Waals surface area contributed by atoms with Crippen LogP contribution < -0.4 is 10.6 Å². The highest BCUT2D eigenvalue weighted by atomic mass is 15.0. The molecule has 0 saturated heterocycles. The zero-order valence-electron chi connectivity index (χ0n) is 9.53. The molecule has 1 aromatic rings. The zero-order chi connectivity index (χ0) is 10.9. The third kappa shape index (κ3) is 6.14. The minimum absolute atomic E-state index is 0.711. The lowest BCUT2D eigenvalue weighted by atomic mass is 10.2. The second-order valence-electron chi connectivity index (χ2n) is 3.94. The number of nitrogens with one attached hydrogen (secondary N) is 2. The minimum atomic E-state index is 0.711. The van der Waals surface area contributed by atoms with Gasteiger partial charge >= 0.3 is 0 Å². The second-order valence-corrected chi connectivity index (χ2v) is 3.94. The third-order valence-electron chi connectivity index (χ3n) is 1.93. The summed E-state index contributed by atoms with van der Waals surface area (Å²) in [4.78, 5) is 8.26. The molecule has 4 heteroatoms. The van der Waals surface area contributed by atoms with Gasteiger partial charge in [0.05, 0.1) is 6.54 Å². The molecule has 0 aliphatic heterocycles. The van der Waals surface area contributed by atoms with Crippen LogP contribution in [0.4, 0.5) is 0 Å². The Bertz CT molecular complexity index is 248. The van der Waals surface area contributed by atoms with Gasteiger partial charge in [-0.1, -0.05) is 13.8 Å². The molecule has 84 valence electrons. The smallest absolute Gasteiger partial charge is 0.141 e. The lowest BCUT2D eigenvalue weighted by Gasteiger charge is -2.07. The molecule has 1 aromatic heterocycles. The van der Waals surface area contributed by atoms with E-state index in [9.17, 15) is 0 Å². The van der Waals surface area contributed by atoms with Gasteiger partial charge in [0.25, 0.3) is 0 Å². The lowest BCUT2D eigenvalue weighted by Crippen LogP contribution is -2.29. The van der Waals surface area contributed by atoms with Gasteiger partial charge in [0, 0.05) is 25.5 Å². The SMILES string of the molecule is CC(C)CNCCNCc1ncccn1. The van der Waals surface area contributed by atoms with E-state index in [1.807, 2.05) is 6.07 Å². The maximum absolute atomic E-state index is 4.13. The summed E-state index contributed by atoms with van der Waals surface area (Å²) in [5, 5.41) is 6.66. The standard InChI is InChI=1S/C11H20N4/c1-10(2)8-12-6-7-13-9-11-14-4-3-5-15-11/h3-5,10,12-13H,6-9H2,1-2H3. The molecule has 0 radical (unpaired) electrons. The fourth-order valence-corrected chi connectivity index (χ4v) is 1.19. The molecule has 0 fully saturated rings. The van der Waals surface area contributed by atoms with E-state index in [4.69, 9.17) is 0 Å². The fourth-order valence-electron chi connectivity index (χ4n) is 1.19. The molecule has 15 heavy (non-hydrogen) atoms. The molecule has 0 atom stereocenters. The van der Waals surface area contributed by atoms with Crippen molar-refractivity contribution in [3.8, 4) is 0 Å². The first-order valence-corrected chi connectivity index (χ1v) is 5.46. The van der Waals surface area contributed by atoms with E-state index in [0.29, 0.717) is 5.92 Å². The maximum atomic E-state index is 4.13. The van der Waals surface area contributed by atoms with E-state index in [0.717, 1.165) is 32.0 Å². The number of aromatic nitrogens is 2. The van der Waals surface area contributed by atoms with Gasteiger partial charge in [-0.05, 0) is 18.5 Å². The van der Waals surface area contributed by atoms with Crippen molar-refractivity contribution >= 4 is 0 Å². The van der Waals surface area contributed by atoms with Gasteiger partial charge in [-0.3, -0.25) is 0 Å². The van der Waals surface area contributed by atoms with Crippen molar-refractivity contribution in [2.45, 2.75) is 20.4 Å². The molecule has 0 aliphatic rings. The van der Waals surface area contributed by atoms with Crippen LogP contribution in [0.15, 0.2) is 18.5 Å². The molecule has 0 bridgehead atoms. The van der Waals surface area contributed by atoms with Crippen molar-refractivity contribution in [2.24, 2.45) is 5.92 Å². The summed E-state index contributed by atoms with van der Waals surface area (Å²) in [6, 6.07) is 1.83. The Balaban J connectivity index is 1.98. The Labute approximate surface area is 91.5 Å². The molecular formula is C11H20N4. The maximum Gasteiger partial charge on any atom is 0.141 e. The van der Waals surface area contributed by atoms with Crippen LogP contribution in [0.25, 0.3) is 0 Å². The van der Waals surface area contributed by atoms with Crippen molar-refractivity contribution in [1.82, 2.24) is 20.6 Å². The summed E-state index contributed by atoms with van der Waals surface area (Å²) >= 11 is 0. The van der Waals surface area contributed by atoms with Crippen LogP contribution in [0, 0.1) is 5.92 Å². The van der Waals surface area contributed by atoms with E-state index >= 15 is 0 Å². The van der Waals surface area contributed by atoms with Gasteiger partial charge in [0.2, 0.25) is 0 Å². The van der Waals surface area contributed by atoms with Gasteiger partial charge in [0.15, 0.2) is 0 Å². The number of hydrogen-bond donors (Lipinski definition) is 2. The molecule has 0 aliphatic carbocycles. The molecule has 0 unspecified atom stereocenters. The summed E-state index contributed by atoms with van der Waals surface area (Å²) < 4.78 is 0. The van der Waals surface area contributed by atoms with E-state index < -0.39 is 0 Å². The molecule has 4 nitrogen and oxygen atoms in total. The average molecular weight is 208 g/mol. The Morgan fingerprint density at radius 3 is 2.47 bits per heavy atom. The second kappa shape index (κ2) is 7.31. The quantitative estimate of drug-likeness (QED) is 0.651. The van der Waals surface area contributed by atoms with E-state index in [2.05, 4.69) is 34.4 Å². The first kappa shape index (κ1) is 12.1. The Kier molecular flexibility index (Phi) is 5.88. The minimum Gasteiger partial charge on any atom is -0.315 e. The van der Waals surface area contributed by atoms with Gasteiger partial charge in [-0.15, -0.1) is 0 Å². The molecule has 0 amide bonds. The van der Waals surface area contributed by atoms with Gasteiger partial charge in [-0.2, -0.15) is 0 Å². The monoisotopic (exact) mass is 208 g/mol. The van der Waals surface area contributed by atoms with Crippen LogP contribution in [0.2, 0.25) is 0 Å². The van der Waals surface area contributed by atoms with Crippen LogP contribution in [0.5, 0.6) is 0 Å². The van der Waals surface area contributed by atoms with Crippen molar-refractivity contribution in [3.05, 3.63) is 24.3 Å². The molecule has 2 N–H and O–H groups in total. The van der Waals surface area contributed by atoms with Crippen LogP contribution >= 0.6 is 0 Å². The van der Waals surface area contributed by atoms with E-state index in [1.165, 1.54) is 0 Å².